The fourth-order valence-electron chi connectivity index (χ4n) is 3.17. The molecule has 0 amide bonds. The van der Waals surface area contributed by atoms with Crippen LogP contribution in [0.5, 0.6) is 0 Å². The average Bonchev–Trinajstić information content (AvgIpc) is 2.67. The first-order chi connectivity index (χ1) is 13.0. The van der Waals surface area contributed by atoms with E-state index in [1.807, 2.05) is 25.1 Å². The summed E-state index contributed by atoms with van der Waals surface area (Å²) in [6, 6.07) is 10.9. The van der Waals surface area contributed by atoms with Gasteiger partial charge in [0, 0.05) is 25.8 Å². The standard InChI is InChI=1S/C19H23F3N4O/c1-2-15(24-18-23-9-8-17(25-18)19(20,21)22)16-13-26(10-11-27-16)12-14-6-4-3-5-7-14/h3-9,15-16H,2,10-13H2,1H3,(H,23,24,25). The monoisotopic (exact) mass is 380 g/mol. The lowest BCUT2D eigenvalue weighted by molar-refractivity contribution is -0.141. The van der Waals surface area contributed by atoms with E-state index in [1.54, 1.807) is 0 Å². The molecule has 1 N–H and O–H groups in total. The molecule has 3 rings (SSSR count). The van der Waals surface area contributed by atoms with E-state index in [1.165, 1.54) is 5.56 Å². The van der Waals surface area contributed by atoms with E-state index in [-0.39, 0.29) is 18.1 Å². The van der Waals surface area contributed by atoms with Crippen molar-refractivity contribution in [2.75, 3.05) is 25.0 Å². The number of aromatic nitrogens is 2. The Labute approximate surface area is 156 Å². The molecule has 1 aliphatic rings. The molecular formula is C19H23F3N4O. The van der Waals surface area contributed by atoms with Crippen LogP contribution in [0.2, 0.25) is 0 Å². The fourth-order valence-corrected chi connectivity index (χ4v) is 3.17. The number of ether oxygens (including phenoxy) is 1. The molecule has 27 heavy (non-hydrogen) atoms. The number of nitrogens with one attached hydrogen (secondary N) is 1. The van der Waals surface area contributed by atoms with Crippen molar-refractivity contribution in [2.24, 2.45) is 0 Å². The summed E-state index contributed by atoms with van der Waals surface area (Å²) in [4.78, 5) is 9.82. The van der Waals surface area contributed by atoms with Gasteiger partial charge in [0.1, 0.15) is 5.69 Å². The van der Waals surface area contributed by atoms with Gasteiger partial charge in [0.2, 0.25) is 5.95 Å². The molecule has 2 aromatic rings. The van der Waals surface area contributed by atoms with Crippen molar-refractivity contribution in [3.05, 3.63) is 53.9 Å². The number of morpholine rings is 1. The predicted octanol–water partition coefficient (Wildman–Crippen LogP) is 3.59. The highest BCUT2D eigenvalue weighted by Gasteiger charge is 2.33. The quantitative estimate of drug-likeness (QED) is 0.830. The van der Waals surface area contributed by atoms with Gasteiger partial charge in [-0.05, 0) is 18.1 Å². The van der Waals surface area contributed by atoms with Gasteiger partial charge in [-0.15, -0.1) is 0 Å². The van der Waals surface area contributed by atoms with Crippen molar-refractivity contribution in [3.8, 4) is 0 Å². The Morgan fingerprint density at radius 3 is 2.74 bits per heavy atom. The van der Waals surface area contributed by atoms with Crippen LogP contribution in [0.1, 0.15) is 24.6 Å². The van der Waals surface area contributed by atoms with Crippen molar-refractivity contribution in [1.29, 1.82) is 0 Å². The Morgan fingerprint density at radius 2 is 2.04 bits per heavy atom. The van der Waals surface area contributed by atoms with Crippen LogP contribution in [0.4, 0.5) is 19.1 Å². The van der Waals surface area contributed by atoms with E-state index in [0.717, 1.165) is 25.4 Å². The molecule has 0 saturated carbocycles. The molecular weight excluding hydrogens is 357 g/mol. The van der Waals surface area contributed by atoms with Gasteiger partial charge in [-0.1, -0.05) is 37.3 Å². The third-order valence-corrected chi connectivity index (χ3v) is 4.58. The number of hydrogen-bond acceptors (Lipinski definition) is 5. The molecule has 146 valence electrons. The van der Waals surface area contributed by atoms with Crippen molar-refractivity contribution >= 4 is 5.95 Å². The number of rotatable bonds is 6. The smallest absolute Gasteiger partial charge is 0.373 e. The highest BCUT2D eigenvalue weighted by atomic mass is 19.4. The zero-order valence-corrected chi connectivity index (χ0v) is 15.1. The van der Waals surface area contributed by atoms with Crippen molar-refractivity contribution < 1.29 is 17.9 Å². The largest absolute Gasteiger partial charge is 0.433 e. The zero-order chi connectivity index (χ0) is 19.3. The molecule has 2 heterocycles. The number of halogens is 3. The first-order valence-corrected chi connectivity index (χ1v) is 9.00. The second-order valence-corrected chi connectivity index (χ2v) is 6.55. The fraction of sp³-hybridized carbons (Fsp3) is 0.474. The minimum atomic E-state index is -4.49. The Morgan fingerprint density at radius 1 is 1.26 bits per heavy atom. The molecule has 1 aliphatic heterocycles. The minimum Gasteiger partial charge on any atom is -0.373 e. The molecule has 5 nitrogen and oxygen atoms in total. The third-order valence-electron chi connectivity index (χ3n) is 4.58. The normalized spacial score (nSPS) is 19.6. The molecule has 0 radical (unpaired) electrons. The third kappa shape index (κ3) is 5.40. The number of benzene rings is 1. The second kappa shape index (κ2) is 8.67. The molecule has 1 aromatic heterocycles. The SMILES string of the molecule is CCC(Nc1nccc(C(F)(F)F)n1)C1CN(Cc2ccccc2)CCO1. The maximum Gasteiger partial charge on any atom is 0.433 e. The first-order valence-electron chi connectivity index (χ1n) is 9.00. The van der Waals surface area contributed by atoms with Gasteiger partial charge < -0.3 is 10.1 Å². The van der Waals surface area contributed by atoms with Crippen LogP contribution < -0.4 is 5.32 Å². The summed E-state index contributed by atoms with van der Waals surface area (Å²) in [5.74, 6) is -0.0274. The summed E-state index contributed by atoms with van der Waals surface area (Å²) in [5, 5.41) is 3.02. The van der Waals surface area contributed by atoms with Crippen LogP contribution in [0, 0.1) is 0 Å². The Bertz CT molecular complexity index is 726. The summed E-state index contributed by atoms with van der Waals surface area (Å²) in [6.45, 7) is 4.88. The van der Waals surface area contributed by atoms with Gasteiger partial charge >= 0.3 is 6.18 Å². The van der Waals surface area contributed by atoms with Gasteiger partial charge in [0.15, 0.2) is 0 Å². The lowest BCUT2D eigenvalue weighted by atomic mass is 10.1. The van der Waals surface area contributed by atoms with Gasteiger partial charge in [-0.2, -0.15) is 13.2 Å². The van der Waals surface area contributed by atoms with E-state index in [0.29, 0.717) is 19.6 Å². The van der Waals surface area contributed by atoms with Crippen LogP contribution in [0.25, 0.3) is 0 Å². The molecule has 0 spiro atoms. The highest BCUT2D eigenvalue weighted by molar-refractivity contribution is 5.28. The lowest BCUT2D eigenvalue weighted by Crippen LogP contribution is -2.49. The summed E-state index contributed by atoms with van der Waals surface area (Å²) in [6.07, 6.45) is -2.84. The molecule has 0 aliphatic carbocycles. The van der Waals surface area contributed by atoms with E-state index in [9.17, 15) is 13.2 Å². The number of hydrogen-bond donors (Lipinski definition) is 1. The summed E-state index contributed by atoms with van der Waals surface area (Å²) >= 11 is 0. The summed E-state index contributed by atoms with van der Waals surface area (Å²) < 4.78 is 44.4. The van der Waals surface area contributed by atoms with Crippen LogP contribution in [-0.4, -0.2) is 46.7 Å². The number of anilines is 1. The lowest BCUT2D eigenvalue weighted by Gasteiger charge is -2.37. The van der Waals surface area contributed by atoms with Gasteiger partial charge in [0.05, 0.1) is 18.8 Å². The molecule has 1 saturated heterocycles. The molecule has 2 atom stereocenters. The van der Waals surface area contributed by atoms with Crippen molar-refractivity contribution in [3.63, 3.8) is 0 Å². The first kappa shape index (κ1) is 19.6. The maximum absolute atomic E-state index is 12.9. The maximum atomic E-state index is 12.9. The van der Waals surface area contributed by atoms with Gasteiger partial charge in [-0.25, -0.2) is 9.97 Å². The van der Waals surface area contributed by atoms with E-state index >= 15 is 0 Å². The van der Waals surface area contributed by atoms with Crippen LogP contribution in [-0.2, 0) is 17.5 Å². The van der Waals surface area contributed by atoms with Crippen molar-refractivity contribution in [2.45, 2.75) is 38.2 Å². The van der Waals surface area contributed by atoms with Crippen molar-refractivity contribution in [1.82, 2.24) is 14.9 Å². The van der Waals surface area contributed by atoms with Crippen LogP contribution >= 0.6 is 0 Å². The number of alkyl halides is 3. The Kier molecular flexibility index (Phi) is 6.28. The molecule has 1 aromatic carbocycles. The highest BCUT2D eigenvalue weighted by Crippen LogP contribution is 2.28. The van der Waals surface area contributed by atoms with Crippen LogP contribution in [0.15, 0.2) is 42.6 Å². The van der Waals surface area contributed by atoms with E-state index in [2.05, 4.69) is 32.3 Å². The average molecular weight is 380 g/mol. The van der Waals surface area contributed by atoms with Gasteiger partial charge in [0.25, 0.3) is 0 Å². The topological polar surface area (TPSA) is 50.3 Å². The zero-order valence-electron chi connectivity index (χ0n) is 15.1. The van der Waals surface area contributed by atoms with E-state index < -0.39 is 11.9 Å². The Balaban J connectivity index is 1.64. The van der Waals surface area contributed by atoms with E-state index in [4.69, 9.17) is 4.74 Å². The second-order valence-electron chi connectivity index (χ2n) is 6.55. The number of nitrogens with zero attached hydrogens (tertiary/aromatic N) is 3. The van der Waals surface area contributed by atoms with Gasteiger partial charge in [-0.3, -0.25) is 4.90 Å². The summed E-state index contributed by atoms with van der Waals surface area (Å²) in [5.41, 5.74) is 0.269. The molecule has 1 fully saturated rings. The Hall–Kier alpha value is -2.19. The summed E-state index contributed by atoms with van der Waals surface area (Å²) in [7, 11) is 0. The predicted molar refractivity (Wildman–Crippen MR) is 96.2 cm³/mol. The molecule has 0 bridgehead atoms. The van der Waals surface area contributed by atoms with Crippen LogP contribution in [0.3, 0.4) is 0 Å². The molecule has 8 heteroatoms. The minimum absolute atomic E-state index is 0.0274. The molecule has 2 unspecified atom stereocenters.